The van der Waals surface area contributed by atoms with Crippen molar-refractivity contribution in [2.75, 3.05) is 49.7 Å². The van der Waals surface area contributed by atoms with Crippen molar-refractivity contribution in [1.29, 1.82) is 0 Å². The van der Waals surface area contributed by atoms with Crippen molar-refractivity contribution in [2.24, 2.45) is 0 Å². The van der Waals surface area contributed by atoms with E-state index in [-0.39, 0.29) is 16.1 Å². The maximum absolute atomic E-state index is 11.3. The molecular weight excluding hydrogens is 382 g/mol. The number of nitro benzene ring substituents is 1. The number of benzene rings is 1. The van der Waals surface area contributed by atoms with Gasteiger partial charge in [-0.15, -0.1) is 0 Å². The molecule has 0 aliphatic carbocycles. The van der Waals surface area contributed by atoms with Crippen molar-refractivity contribution < 1.29 is 9.66 Å². The summed E-state index contributed by atoms with van der Waals surface area (Å²) >= 11 is 5.26. The van der Waals surface area contributed by atoms with E-state index in [4.69, 9.17) is 4.74 Å². The maximum Gasteiger partial charge on any atom is 0.293 e. The molecule has 0 saturated carbocycles. The van der Waals surface area contributed by atoms with Gasteiger partial charge in [0.1, 0.15) is 5.69 Å². The van der Waals surface area contributed by atoms with E-state index in [9.17, 15) is 10.1 Å². The first kappa shape index (κ1) is 17.0. The third-order valence-electron chi connectivity index (χ3n) is 4.53. The summed E-state index contributed by atoms with van der Waals surface area (Å²) in [5.41, 5.74) is 0.764. The summed E-state index contributed by atoms with van der Waals surface area (Å²) in [7, 11) is 0. The SMILES string of the molecule is O=[N+]([O-])c1cc(Br)ccc1NCC1(N2CCOCC2)CCSC1. The minimum absolute atomic E-state index is 0.0649. The van der Waals surface area contributed by atoms with Crippen LogP contribution in [-0.2, 0) is 4.74 Å². The molecule has 8 heteroatoms. The number of anilines is 1. The molecule has 3 rings (SSSR count). The topological polar surface area (TPSA) is 67.6 Å². The van der Waals surface area contributed by atoms with Crippen LogP contribution < -0.4 is 5.32 Å². The summed E-state index contributed by atoms with van der Waals surface area (Å²) < 4.78 is 6.18. The average Bonchev–Trinajstić information content (AvgIpc) is 3.04. The molecule has 1 N–H and O–H groups in total. The van der Waals surface area contributed by atoms with E-state index < -0.39 is 0 Å². The predicted octanol–water partition coefficient (Wildman–Crippen LogP) is 2.98. The van der Waals surface area contributed by atoms with Crippen molar-refractivity contribution in [1.82, 2.24) is 4.90 Å². The van der Waals surface area contributed by atoms with Gasteiger partial charge in [-0.2, -0.15) is 11.8 Å². The summed E-state index contributed by atoms with van der Waals surface area (Å²) in [6.45, 7) is 4.13. The summed E-state index contributed by atoms with van der Waals surface area (Å²) in [6, 6.07) is 5.16. The Kier molecular flexibility index (Phi) is 5.45. The normalized spacial score (nSPS) is 25.4. The van der Waals surface area contributed by atoms with Crippen molar-refractivity contribution >= 4 is 39.1 Å². The van der Waals surface area contributed by atoms with Crippen LogP contribution in [0.2, 0.25) is 0 Å². The molecule has 2 aliphatic rings. The van der Waals surface area contributed by atoms with Gasteiger partial charge in [-0.1, -0.05) is 15.9 Å². The second kappa shape index (κ2) is 7.38. The molecule has 0 amide bonds. The van der Waals surface area contributed by atoms with Crippen LogP contribution in [0.3, 0.4) is 0 Å². The molecule has 23 heavy (non-hydrogen) atoms. The number of ether oxygens (including phenoxy) is 1. The van der Waals surface area contributed by atoms with Crippen molar-refractivity contribution in [3.63, 3.8) is 0 Å². The van der Waals surface area contributed by atoms with Gasteiger partial charge >= 0.3 is 0 Å². The second-order valence-electron chi connectivity index (χ2n) is 5.90. The van der Waals surface area contributed by atoms with Crippen LogP contribution in [0.25, 0.3) is 0 Å². The van der Waals surface area contributed by atoms with E-state index in [0.717, 1.165) is 50.8 Å². The highest BCUT2D eigenvalue weighted by atomic mass is 79.9. The Bertz CT molecular complexity index is 575. The Balaban J connectivity index is 1.76. The fourth-order valence-electron chi connectivity index (χ4n) is 3.20. The van der Waals surface area contributed by atoms with Crippen LogP contribution in [0.1, 0.15) is 6.42 Å². The summed E-state index contributed by atoms with van der Waals surface area (Å²) in [6.07, 6.45) is 1.11. The first-order valence-electron chi connectivity index (χ1n) is 7.69. The Labute approximate surface area is 148 Å². The monoisotopic (exact) mass is 401 g/mol. The molecule has 2 saturated heterocycles. The van der Waals surface area contributed by atoms with E-state index >= 15 is 0 Å². The fraction of sp³-hybridized carbons (Fsp3) is 0.600. The number of rotatable bonds is 5. The third-order valence-corrected chi connectivity index (χ3v) is 6.26. The van der Waals surface area contributed by atoms with Gasteiger partial charge in [0, 0.05) is 41.5 Å². The van der Waals surface area contributed by atoms with Gasteiger partial charge in [0.15, 0.2) is 0 Å². The lowest BCUT2D eigenvalue weighted by atomic mass is 9.95. The highest BCUT2D eigenvalue weighted by Gasteiger charge is 2.40. The van der Waals surface area contributed by atoms with Crippen LogP contribution in [0.4, 0.5) is 11.4 Å². The molecule has 6 nitrogen and oxygen atoms in total. The van der Waals surface area contributed by atoms with E-state index in [0.29, 0.717) is 10.2 Å². The van der Waals surface area contributed by atoms with Crippen LogP contribution in [0.15, 0.2) is 22.7 Å². The third kappa shape index (κ3) is 3.81. The van der Waals surface area contributed by atoms with Crippen molar-refractivity contribution in [3.8, 4) is 0 Å². The number of hydrogen-bond donors (Lipinski definition) is 1. The first-order valence-corrected chi connectivity index (χ1v) is 9.64. The number of nitro groups is 1. The molecule has 0 bridgehead atoms. The quantitative estimate of drug-likeness (QED) is 0.604. The van der Waals surface area contributed by atoms with Gasteiger partial charge in [0.25, 0.3) is 5.69 Å². The van der Waals surface area contributed by atoms with Gasteiger partial charge in [-0.25, -0.2) is 0 Å². The lowest BCUT2D eigenvalue weighted by Gasteiger charge is -2.43. The lowest BCUT2D eigenvalue weighted by Crippen LogP contribution is -2.57. The molecule has 1 aromatic rings. The highest BCUT2D eigenvalue weighted by Crippen LogP contribution is 2.35. The largest absolute Gasteiger partial charge is 0.379 e. The Hall–Kier alpha value is -0.830. The average molecular weight is 402 g/mol. The van der Waals surface area contributed by atoms with Gasteiger partial charge in [-0.05, 0) is 24.3 Å². The van der Waals surface area contributed by atoms with Crippen LogP contribution in [0, 0.1) is 10.1 Å². The number of halogens is 1. The van der Waals surface area contributed by atoms with E-state index in [2.05, 4.69) is 26.1 Å². The van der Waals surface area contributed by atoms with Crippen LogP contribution in [0.5, 0.6) is 0 Å². The number of nitrogens with one attached hydrogen (secondary N) is 1. The summed E-state index contributed by atoms with van der Waals surface area (Å²) in [4.78, 5) is 13.4. The molecular formula is C15H20BrN3O3S. The lowest BCUT2D eigenvalue weighted by molar-refractivity contribution is -0.384. The van der Waals surface area contributed by atoms with Gasteiger partial charge in [-0.3, -0.25) is 15.0 Å². The molecule has 1 unspecified atom stereocenters. The number of morpholine rings is 1. The van der Waals surface area contributed by atoms with Gasteiger partial charge < -0.3 is 10.1 Å². The van der Waals surface area contributed by atoms with Crippen molar-refractivity contribution in [3.05, 3.63) is 32.8 Å². The molecule has 1 atom stereocenters. The Morgan fingerprint density at radius 3 is 2.87 bits per heavy atom. The predicted molar refractivity (Wildman–Crippen MR) is 96.4 cm³/mol. The van der Waals surface area contributed by atoms with Crippen LogP contribution in [-0.4, -0.2) is 59.7 Å². The van der Waals surface area contributed by atoms with E-state index in [1.165, 1.54) is 0 Å². The zero-order valence-corrected chi connectivity index (χ0v) is 15.2. The smallest absolute Gasteiger partial charge is 0.293 e. The second-order valence-corrected chi connectivity index (χ2v) is 7.92. The molecule has 126 valence electrons. The zero-order chi connectivity index (χ0) is 16.3. The Morgan fingerprint density at radius 1 is 1.43 bits per heavy atom. The molecule has 2 aliphatic heterocycles. The number of thioether (sulfide) groups is 1. The maximum atomic E-state index is 11.3. The fourth-order valence-corrected chi connectivity index (χ4v) is 5.03. The molecule has 2 heterocycles. The zero-order valence-electron chi connectivity index (χ0n) is 12.8. The molecule has 0 radical (unpaired) electrons. The van der Waals surface area contributed by atoms with Gasteiger partial charge in [0.05, 0.1) is 18.1 Å². The van der Waals surface area contributed by atoms with Gasteiger partial charge in [0.2, 0.25) is 0 Å². The number of hydrogen-bond acceptors (Lipinski definition) is 6. The number of nitrogens with zero attached hydrogens (tertiary/aromatic N) is 2. The molecule has 1 aromatic carbocycles. The summed E-state index contributed by atoms with van der Waals surface area (Å²) in [5, 5.41) is 14.6. The highest BCUT2D eigenvalue weighted by molar-refractivity contribution is 9.10. The van der Waals surface area contributed by atoms with E-state index in [1.54, 1.807) is 12.1 Å². The van der Waals surface area contributed by atoms with Crippen LogP contribution >= 0.6 is 27.7 Å². The minimum Gasteiger partial charge on any atom is -0.379 e. The van der Waals surface area contributed by atoms with Crippen molar-refractivity contribution in [2.45, 2.75) is 12.0 Å². The Morgan fingerprint density at radius 2 is 2.22 bits per heavy atom. The standard InChI is InChI=1S/C15H20BrN3O3S/c16-12-1-2-13(14(9-12)19(20)21)17-10-15(3-8-23-11-15)18-4-6-22-7-5-18/h1-2,9,17H,3-8,10-11H2. The van der Waals surface area contributed by atoms with E-state index in [1.807, 2.05) is 17.8 Å². The first-order chi connectivity index (χ1) is 11.1. The molecule has 2 fully saturated rings. The minimum atomic E-state index is -0.335. The summed E-state index contributed by atoms with van der Waals surface area (Å²) in [5.74, 6) is 2.20. The molecule has 0 aromatic heterocycles. The molecule has 0 spiro atoms.